The Morgan fingerprint density at radius 3 is 1.74 bits per heavy atom. The third kappa shape index (κ3) is 2.46. The number of nitrogens with zero attached hydrogens (tertiary/aromatic N) is 1. The summed E-state index contributed by atoms with van der Waals surface area (Å²) in [7, 11) is 0. The van der Waals surface area contributed by atoms with Crippen LogP contribution in [0, 0.1) is 0 Å². The van der Waals surface area contributed by atoms with Crippen LogP contribution in [0.4, 0.5) is 0 Å². The first-order valence-corrected chi connectivity index (χ1v) is 6.22. The van der Waals surface area contributed by atoms with Gasteiger partial charge in [0.05, 0.1) is 5.71 Å². The van der Waals surface area contributed by atoms with Gasteiger partial charge in [-0.3, -0.25) is 0 Å². The number of halogens is 1. The van der Waals surface area contributed by atoms with E-state index in [1.54, 1.807) is 0 Å². The van der Waals surface area contributed by atoms with Crippen LogP contribution < -0.4 is 0 Å². The standard InChI is InChI=1S/C16H14ClNO/c1-2-15(18-17)16(19,13-9-5-3-6-10-13)14-11-7-4-8-12-14/h2-12,19H,1H2. The number of rotatable bonds is 4. The van der Waals surface area contributed by atoms with Crippen molar-refractivity contribution in [1.29, 1.82) is 0 Å². The largest absolute Gasteiger partial charge is 0.374 e. The molecular formula is C16H14ClNO. The fourth-order valence-corrected chi connectivity index (χ4v) is 2.26. The average molecular weight is 272 g/mol. The summed E-state index contributed by atoms with van der Waals surface area (Å²) in [6.45, 7) is 3.67. The van der Waals surface area contributed by atoms with E-state index in [0.29, 0.717) is 16.8 Å². The molecule has 0 bridgehead atoms. The summed E-state index contributed by atoms with van der Waals surface area (Å²) in [5.74, 6) is 0. The SMILES string of the molecule is C=CC(=NCl)C(O)(c1ccccc1)c1ccccc1. The molecule has 96 valence electrons. The highest BCUT2D eigenvalue weighted by Gasteiger charge is 2.35. The van der Waals surface area contributed by atoms with Crippen molar-refractivity contribution in [2.24, 2.45) is 4.51 Å². The summed E-state index contributed by atoms with van der Waals surface area (Å²) in [5.41, 5.74) is 0.291. The molecular weight excluding hydrogens is 258 g/mol. The molecule has 1 N–H and O–H groups in total. The maximum Gasteiger partial charge on any atom is 0.158 e. The maximum atomic E-state index is 11.1. The van der Waals surface area contributed by atoms with E-state index >= 15 is 0 Å². The molecule has 0 saturated heterocycles. The van der Waals surface area contributed by atoms with Gasteiger partial charge in [0.1, 0.15) is 0 Å². The zero-order valence-corrected chi connectivity index (χ0v) is 11.1. The van der Waals surface area contributed by atoms with Crippen LogP contribution in [0.1, 0.15) is 11.1 Å². The van der Waals surface area contributed by atoms with E-state index in [1.165, 1.54) is 6.08 Å². The van der Waals surface area contributed by atoms with Gasteiger partial charge in [0.15, 0.2) is 5.60 Å². The molecule has 0 radical (unpaired) electrons. The Hall–Kier alpha value is -1.90. The van der Waals surface area contributed by atoms with Crippen molar-refractivity contribution in [3.63, 3.8) is 0 Å². The highest BCUT2D eigenvalue weighted by Crippen LogP contribution is 2.32. The average Bonchev–Trinajstić information content (AvgIpc) is 2.50. The molecule has 3 heteroatoms. The molecule has 2 aromatic rings. The van der Waals surface area contributed by atoms with Gasteiger partial charge in [-0.15, -0.1) is 0 Å². The highest BCUT2D eigenvalue weighted by atomic mass is 35.5. The second-order valence-corrected chi connectivity index (χ2v) is 4.29. The second kappa shape index (κ2) is 5.83. The zero-order valence-electron chi connectivity index (χ0n) is 10.3. The van der Waals surface area contributed by atoms with Crippen LogP contribution in [0.15, 0.2) is 77.8 Å². The third-order valence-electron chi connectivity index (χ3n) is 3.04. The molecule has 0 spiro atoms. The van der Waals surface area contributed by atoms with Gasteiger partial charge in [-0.05, 0) is 17.2 Å². The van der Waals surface area contributed by atoms with Crippen molar-refractivity contribution in [3.8, 4) is 0 Å². The van der Waals surface area contributed by atoms with Gasteiger partial charge in [-0.25, -0.2) is 0 Å². The lowest BCUT2D eigenvalue weighted by Gasteiger charge is -2.29. The molecule has 0 unspecified atom stereocenters. The van der Waals surface area contributed by atoms with E-state index in [1.807, 2.05) is 60.7 Å². The molecule has 0 atom stereocenters. The van der Waals surface area contributed by atoms with E-state index in [-0.39, 0.29) is 0 Å². The Balaban J connectivity index is 2.67. The second-order valence-electron chi connectivity index (χ2n) is 4.12. The minimum atomic E-state index is -1.40. The van der Waals surface area contributed by atoms with E-state index in [0.717, 1.165) is 0 Å². The number of hydrogen-bond acceptors (Lipinski definition) is 2. The lowest BCUT2D eigenvalue weighted by atomic mass is 9.82. The van der Waals surface area contributed by atoms with Crippen LogP contribution in [0.3, 0.4) is 0 Å². The Kier molecular flexibility index (Phi) is 4.15. The van der Waals surface area contributed by atoms with Crippen molar-refractivity contribution in [2.45, 2.75) is 5.60 Å². The molecule has 0 fully saturated rings. The molecule has 0 aliphatic heterocycles. The summed E-state index contributed by atoms with van der Waals surface area (Å²) < 4.78 is 3.65. The number of hydrogen-bond donors (Lipinski definition) is 1. The van der Waals surface area contributed by atoms with Crippen LogP contribution in [-0.2, 0) is 5.60 Å². The number of benzene rings is 2. The predicted octanol–water partition coefficient (Wildman–Crippen LogP) is 3.70. The topological polar surface area (TPSA) is 32.6 Å². The van der Waals surface area contributed by atoms with Gasteiger partial charge in [-0.1, -0.05) is 67.2 Å². The van der Waals surface area contributed by atoms with Gasteiger partial charge in [0, 0.05) is 11.8 Å². The molecule has 19 heavy (non-hydrogen) atoms. The predicted molar refractivity (Wildman–Crippen MR) is 79.4 cm³/mol. The van der Waals surface area contributed by atoms with Crippen LogP contribution in [0.25, 0.3) is 0 Å². The summed E-state index contributed by atoms with van der Waals surface area (Å²) in [6.07, 6.45) is 1.47. The Morgan fingerprint density at radius 2 is 1.42 bits per heavy atom. The molecule has 0 heterocycles. The van der Waals surface area contributed by atoms with Crippen LogP contribution in [0.5, 0.6) is 0 Å². The van der Waals surface area contributed by atoms with Crippen molar-refractivity contribution in [1.82, 2.24) is 0 Å². The van der Waals surface area contributed by atoms with Crippen molar-refractivity contribution >= 4 is 17.5 Å². The van der Waals surface area contributed by atoms with Crippen molar-refractivity contribution in [3.05, 3.63) is 84.4 Å². The van der Waals surface area contributed by atoms with Gasteiger partial charge in [-0.2, -0.15) is 4.51 Å². The number of aliphatic hydroxyl groups is 1. The van der Waals surface area contributed by atoms with E-state index in [2.05, 4.69) is 11.1 Å². The fourth-order valence-electron chi connectivity index (χ4n) is 2.06. The van der Waals surface area contributed by atoms with Crippen LogP contribution >= 0.6 is 11.8 Å². The molecule has 0 aliphatic carbocycles. The molecule has 0 saturated carbocycles. The molecule has 0 aliphatic rings. The maximum absolute atomic E-state index is 11.1. The van der Waals surface area contributed by atoms with Gasteiger partial charge in [0.25, 0.3) is 0 Å². The summed E-state index contributed by atoms with van der Waals surface area (Å²) >= 11 is 5.61. The summed E-state index contributed by atoms with van der Waals surface area (Å²) in [4.78, 5) is 0. The smallest absolute Gasteiger partial charge is 0.158 e. The first-order chi connectivity index (χ1) is 9.23. The van der Waals surface area contributed by atoms with Crippen LogP contribution in [-0.4, -0.2) is 10.8 Å². The Morgan fingerprint density at radius 1 is 1.00 bits per heavy atom. The fraction of sp³-hybridized carbons (Fsp3) is 0.0625. The van der Waals surface area contributed by atoms with Crippen molar-refractivity contribution in [2.75, 3.05) is 0 Å². The third-order valence-corrected chi connectivity index (χ3v) is 3.22. The van der Waals surface area contributed by atoms with E-state index in [4.69, 9.17) is 11.8 Å². The molecule has 2 aromatic carbocycles. The molecule has 0 aromatic heterocycles. The lowest BCUT2D eigenvalue weighted by molar-refractivity contribution is 0.157. The zero-order chi connectivity index (χ0) is 13.7. The van der Waals surface area contributed by atoms with Gasteiger partial charge in [0.2, 0.25) is 0 Å². The van der Waals surface area contributed by atoms with Crippen LogP contribution in [0.2, 0.25) is 0 Å². The van der Waals surface area contributed by atoms with E-state index in [9.17, 15) is 5.11 Å². The summed E-state index contributed by atoms with van der Waals surface area (Å²) in [6, 6.07) is 18.5. The minimum absolute atomic E-state index is 0.298. The normalized spacial score (nSPS) is 12.2. The summed E-state index contributed by atoms with van der Waals surface area (Å²) in [5, 5.41) is 11.1. The monoisotopic (exact) mass is 271 g/mol. The molecule has 0 amide bonds. The first kappa shape index (κ1) is 13.5. The molecule has 2 nitrogen and oxygen atoms in total. The van der Waals surface area contributed by atoms with Crippen molar-refractivity contribution < 1.29 is 5.11 Å². The Labute approximate surface area is 117 Å². The first-order valence-electron chi connectivity index (χ1n) is 5.88. The van der Waals surface area contributed by atoms with Gasteiger partial charge >= 0.3 is 0 Å². The van der Waals surface area contributed by atoms with E-state index < -0.39 is 5.60 Å². The Bertz CT molecular complexity index is 539. The lowest BCUT2D eigenvalue weighted by Crippen LogP contribution is -2.35. The van der Waals surface area contributed by atoms with Gasteiger partial charge < -0.3 is 5.11 Å². The highest BCUT2D eigenvalue weighted by molar-refractivity contribution is 6.23. The minimum Gasteiger partial charge on any atom is -0.374 e. The molecule has 2 rings (SSSR count). The quantitative estimate of drug-likeness (QED) is 0.845.